The lowest BCUT2D eigenvalue weighted by Crippen LogP contribution is -2.32. The summed E-state index contributed by atoms with van der Waals surface area (Å²) in [5, 5.41) is 0. The topological polar surface area (TPSA) is 92.9 Å². The highest BCUT2D eigenvalue weighted by Gasteiger charge is 2.37. The highest BCUT2D eigenvalue weighted by Crippen LogP contribution is 2.30. The van der Waals surface area contributed by atoms with Gasteiger partial charge < -0.3 is 15.4 Å². The van der Waals surface area contributed by atoms with E-state index in [-0.39, 0.29) is 29.9 Å². The number of hydrogen-bond donors (Lipinski definition) is 1. The summed E-state index contributed by atoms with van der Waals surface area (Å²) in [6.45, 7) is 3.52. The van der Waals surface area contributed by atoms with E-state index in [4.69, 9.17) is 10.5 Å². The fraction of sp³-hybridized carbons (Fsp3) is 0.286. The van der Waals surface area contributed by atoms with Gasteiger partial charge in [-0.15, -0.1) is 12.4 Å². The molecule has 2 aliphatic rings. The number of ether oxygens (including phenoxy) is 1. The molecule has 2 aromatic carbocycles. The Morgan fingerprint density at radius 2 is 1.79 bits per heavy atom. The predicted molar refractivity (Wildman–Crippen MR) is 111 cm³/mol. The number of nitrogens with zero attached hydrogens (tertiary/aromatic N) is 2. The number of likely N-dealkylation sites (tertiary alicyclic amines) is 1. The number of benzene rings is 2. The number of nitrogens with two attached hydrogens (primary N) is 1. The van der Waals surface area contributed by atoms with E-state index in [1.54, 1.807) is 41.3 Å². The first-order chi connectivity index (χ1) is 13.5. The number of rotatable bonds is 4. The summed E-state index contributed by atoms with van der Waals surface area (Å²) in [5.74, 6) is -0.335. The maximum atomic E-state index is 12.9. The Labute approximate surface area is 174 Å². The van der Waals surface area contributed by atoms with Crippen LogP contribution >= 0.6 is 12.4 Å². The van der Waals surface area contributed by atoms with Crippen molar-refractivity contribution in [1.82, 2.24) is 4.90 Å². The minimum absolute atomic E-state index is 0. The molecule has 152 valence electrons. The van der Waals surface area contributed by atoms with Crippen LogP contribution in [0.15, 0.2) is 42.5 Å². The third kappa shape index (κ3) is 3.71. The molecule has 2 heterocycles. The number of amides is 3. The summed E-state index contributed by atoms with van der Waals surface area (Å²) in [7, 11) is 0. The smallest absolute Gasteiger partial charge is 0.266 e. The lowest BCUT2D eigenvalue weighted by molar-refractivity contribution is 0.0790. The lowest BCUT2D eigenvalue weighted by Gasteiger charge is -2.16. The van der Waals surface area contributed by atoms with Crippen LogP contribution in [0.2, 0.25) is 0 Å². The highest BCUT2D eigenvalue weighted by atomic mass is 35.5. The van der Waals surface area contributed by atoms with Gasteiger partial charge >= 0.3 is 0 Å². The summed E-state index contributed by atoms with van der Waals surface area (Å²) < 4.78 is 5.40. The van der Waals surface area contributed by atoms with Gasteiger partial charge in [-0.05, 0) is 55.8 Å². The first-order valence-corrected chi connectivity index (χ1v) is 9.30. The third-order valence-electron chi connectivity index (χ3n) is 5.05. The molecule has 0 aromatic heterocycles. The minimum Gasteiger partial charge on any atom is -0.494 e. The number of carbonyl (C=O) groups excluding carboxylic acids is 3. The molecule has 7 nitrogen and oxygen atoms in total. The fourth-order valence-corrected chi connectivity index (χ4v) is 3.62. The van der Waals surface area contributed by atoms with E-state index in [1.807, 2.05) is 6.92 Å². The maximum absolute atomic E-state index is 12.9. The number of fused-ring (bicyclic) bond motifs is 1. The first kappa shape index (κ1) is 20.8. The van der Waals surface area contributed by atoms with E-state index in [0.717, 1.165) is 11.3 Å². The zero-order valence-corrected chi connectivity index (χ0v) is 16.8. The molecule has 4 rings (SSSR count). The van der Waals surface area contributed by atoms with Crippen molar-refractivity contribution in [3.8, 4) is 5.75 Å². The van der Waals surface area contributed by atoms with Crippen LogP contribution in [0, 0.1) is 0 Å². The molecular weight excluding hydrogens is 394 g/mol. The van der Waals surface area contributed by atoms with E-state index in [1.165, 1.54) is 6.07 Å². The van der Waals surface area contributed by atoms with Gasteiger partial charge in [-0.25, -0.2) is 4.90 Å². The van der Waals surface area contributed by atoms with E-state index in [0.29, 0.717) is 42.3 Å². The van der Waals surface area contributed by atoms with Gasteiger partial charge in [0.05, 0.1) is 23.4 Å². The lowest BCUT2D eigenvalue weighted by atomic mass is 10.0. The van der Waals surface area contributed by atoms with Gasteiger partial charge in [0.15, 0.2) is 0 Å². The van der Waals surface area contributed by atoms with Gasteiger partial charge in [0.1, 0.15) is 5.75 Å². The Balaban J connectivity index is 0.00000240. The van der Waals surface area contributed by atoms with Crippen LogP contribution in [-0.4, -0.2) is 48.4 Å². The summed E-state index contributed by atoms with van der Waals surface area (Å²) in [6, 6.07) is 11.4. The molecule has 1 fully saturated rings. The van der Waals surface area contributed by atoms with E-state index in [2.05, 4.69) is 0 Å². The average Bonchev–Trinajstić information content (AvgIpc) is 3.24. The zero-order chi connectivity index (χ0) is 19.8. The molecule has 29 heavy (non-hydrogen) atoms. The van der Waals surface area contributed by atoms with Crippen LogP contribution in [-0.2, 0) is 0 Å². The summed E-state index contributed by atoms with van der Waals surface area (Å²) in [6.07, 6.45) is 0.764. The maximum Gasteiger partial charge on any atom is 0.266 e. The van der Waals surface area contributed by atoms with Crippen molar-refractivity contribution in [2.75, 3.05) is 24.6 Å². The number of imide groups is 1. The second-order valence-electron chi connectivity index (χ2n) is 6.93. The minimum atomic E-state index is -0.433. The molecule has 2 aromatic rings. The monoisotopic (exact) mass is 415 g/mol. The molecule has 0 radical (unpaired) electrons. The molecule has 8 heteroatoms. The standard InChI is InChI=1S/C21H21N3O4.ClH/c1-2-28-16-6-4-15(5-7-16)24-20(26)17-8-3-13(11-18(17)21(24)27)19(25)23-10-9-14(22)12-23;/h3-8,11,14H,2,9-10,12,22H2,1H3;1H/t14-;/m1./s1. The fourth-order valence-electron chi connectivity index (χ4n) is 3.62. The van der Waals surface area contributed by atoms with Crippen LogP contribution < -0.4 is 15.4 Å². The molecule has 1 atom stereocenters. The molecule has 2 N–H and O–H groups in total. The molecule has 2 aliphatic heterocycles. The molecule has 0 aliphatic carbocycles. The largest absolute Gasteiger partial charge is 0.494 e. The van der Waals surface area contributed by atoms with E-state index < -0.39 is 11.8 Å². The predicted octanol–water partition coefficient (Wildman–Crippen LogP) is 2.48. The van der Waals surface area contributed by atoms with Crippen molar-refractivity contribution in [3.63, 3.8) is 0 Å². The van der Waals surface area contributed by atoms with Gasteiger partial charge in [0, 0.05) is 24.7 Å². The van der Waals surface area contributed by atoms with Crippen molar-refractivity contribution in [1.29, 1.82) is 0 Å². The zero-order valence-electron chi connectivity index (χ0n) is 16.0. The third-order valence-corrected chi connectivity index (χ3v) is 5.05. The van der Waals surface area contributed by atoms with Crippen molar-refractivity contribution in [2.24, 2.45) is 5.73 Å². The molecule has 0 unspecified atom stereocenters. The SMILES string of the molecule is CCOc1ccc(N2C(=O)c3ccc(C(=O)N4CC[C@@H](N)C4)cc3C2=O)cc1.Cl. The average molecular weight is 416 g/mol. The molecule has 1 saturated heterocycles. The Kier molecular flexibility index (Phi) is 5.91. The van der Waals surface area contributed by atoms with E-state index >= 15 is 0 Å². The second kappa shape index (κ2) is 8.23. The van der Waals surface area contributed by atoms with Gasteiger partial charge in [-0.2, -0.15) is 0 Å². The van der Waals surface area contributed by atoms with Crippen molar-refractivity contribution < 1.29 is 19.1 Å². The highest BCUT2D eigenvalue weighted by molar-refractivity contribution is 6.34. The van der Waals surface area contributed by atoms with Crippen molar-refractivity contribution >= 4 is 35.8 Å². The van der Waals surface area contributed by atoms with Gasteiger partial charge in [0.25, 0.3) is 17.7 Å². The Morgan fingerprint density at radius 1 is 1.10 bits per heavy atom. The van der Waals surface area contributed by atoms with E-state index in [9.17, 15) is 14.4 Å². The van der Waals surface area contributed by atoms with Gasteiger partial charge in [0.2, 0.25) is 0 Å². The Bertz CT molecular complexity index is 961. The Hall–Kier alpha value is -2.90. The Morgan fingerprint density at radius 3 is 2.41 bits per heavy atom. The molecule has 3 amide bonds. The summed E-state index contributed by atoms with van der Waals surface area (Å²) in [4.78, 5) is 41.1. The molecule has 0 saturated carbocycles. The summed E-state index contributed by atoms with van der Waals surface area (Å²) >= 11 is 0. The molecule has 0 bridgehead atoms. The number of carbonyl (C=O) groups is 3. The van der Waals surface area contributed by atoms with Crippen LogP contribution in [0.4, 0.5) is 5.69 Å². The van der Waals surface area contributed by atoms with Crippen molar-refractivity contribution in [3.05, 3.63) is 59.2 Å². The quantitative estimate of drug-likeness (QED) is 0.774. The molecular formula is C21H22ClN3O4. The normalized spacial score (nSPS) is 17.9. The number of halogens is 1. The van der Waals surface area contributed by atoms with Crippen LogP contribution in [0.1, 0.15) is 44.4 Å². The summed E-state index contributed by atoms with van der Waals surface area (Å²) in [5.41, 5.74) is 7.28. The second-order valence-corrected chi connectivity index (χ2v) is 6.93. The first-order valence-electron chi connectivity index (χ1n) is 9.30. The van der Waals surface area contributed by atoms with Gasteiger partial charge in [-0.3, -0.25) is 14.4 Å². The molecule has 0 spiro atoms. The van der Waals surface area contributed by atoms with Crippen LogP contribution in [0.25, 0.3) is 0 Å². The van der Waals surface area contributed by atoms with Crippen LogP contribution in [0.5, 0.6) is 5.75 Å². The van der Waals surface area contributed by atoms with Gasteiger partial charge in [-0.1, -0.05) is 0 Å². The van der Waals surface area contributed by atoms with Crippen LogP contribution in [0.3, 0.4) is 0 Å². The number of anilines is 1. The van der Waals surface area contributed by atoms with Crippen molar-refractivity contribution in [2.45, 2.75) is 19.4 Å². The number of hydrogen-bond acceptors (Lipinski definition) is 5.